The van der Waals surface area contributed by atoms with Gasteiger partial charge in [-0.25, -0.2) is 0 Å². The first-order valence-electron chi connectivity index (χ1n) is 9.42. The van der Waals surface area contributed by atoms with Gasteiger partial charge in [0.15, 0.2) is 0 Å². The molecule has 0 saturated carbocycles. The second-order valence-corrected chi connectivity index (χ2v) is 8.47. The van der Waals surface area contributed by atoms with Crippen LogP contribution in [0.4, 0.5) is 5.69 Å². The topological polar surface area (TPSA) is 19.0 Å². The Balaban J connectivity index is 1.21. The second-order valence-electron chi connectivity index (χ2n) is 8.47. The molecule has 3 aliphatic heterocycles. The number of hydrogen-bond donors (Lipinski definition) is 0. The van der Waals surface area contributed by atoms with Gasteiger partial charge in [0.1, 0.15) is 5.75 Å². The molecule has 0 aromatic heterocycles. The minimum absolute atomic E-state index is 0.580. The summed E-state index contributed by atoms with van der Waals surface area (Å²) in [5.41, 5.74) is 1.92. The van der Waals surface area contributed by atoms with Crippen molar-refractivity contribution in [1.82, 2.24) is 9.80 Å². The fourth-order valence-corrected chi connectivity index (χ4v) is 4.82. The van der Waals surface area contributed by atoms with Crippen LogP contribution >= 0.6 is 0 Å². The zero-order valence-corrected chi connectivity index (χ0v) is 15.4. The van der Waals surface area contributed by atoms with Crippen LogP contribution in [-0.4, -0.2) is 68.8 Å². The number of ether oxygens (including phenoxy) is 1. The first-order chi connectivity index (χ1) is 11.6. The van der Waals surface area contributed by atoms with Gasteiger partial charge in [0.2, 0.25) is 0 Å². The van der Waals surface area contributed by atoms with Gasteiger partial charge in [0.05, 0.1) is 7.11 Å². The number of nitrogens with zero attached hydrogens (tertiary/aromatic N) is 3. The van der Waals surface area contributed by atoms with Gasteiger partial charge in [-0.2, -0.15) is 0 Å². The number of hydrogen-bond acceptors (Lipinski definition) is 4. The van der Waals surface area contributed by atoms with E-state index >= 15 is 0 Å². The molecule has 0 N–H and O–H groups in total. The third-order valence-electron chi connectivity index (χ3n) is 6.17. The minimum atomic E-state index is 0.580. The van der Waals surface area contributed by atoms with Crippen LogP contribution < -0.4 is 9.64 Å². The van der Waals surface area contributed by atoms with Crippen LogP contribution in [0.1, 0.15) is 20.3 Å². The molecule has 1 aromatic rings. The van der Waals surface area contributed by atoms with E-state index in [2.05, 4.69) is 52.8 Å². The van der Waals surface area contributed by atoms with Gasteiger partial charge < -0.3 is 19.4 Å². The van der Waals surface area contributed by atoms with Gasteiger partial charge >= 0.3 is 0 Å². The molecule has 3 fully saturated rings. The normalized spacial score (nSPS) is 26.7. The highest BCUT2D eigenvalue weighted by molar-refractivity contribution is 5.52. The van der Waals surface area contributed by atoms with Crippen LogP contribution in [0.25, 0.3) is 0 Å². The Bertz CT molecular complexity index is 557. The van der Waals surface area contributed by atoms with Gasteiger partial charge in [0, 0.05) is 56.4 Å². The van der Waals surface area contributed by atoms with E-state index in [0.29, 0.717) is 11.5 Å². The zero-order chi connectivity index (χ0) is 16.7. The Morgan fingerprint density at radius 3 is 2.42 bits per heavy atom. The van der Waals surface area contributed by atoms with Crippen molar-refractivity contribution in [2.24, 2.45) is 11.3 Å². The smallest absolute Gasteiger partial charge is 0.119 e. The summed E-state index contributed by atoms with van der Waals surface area (Å²) in [6.07, 6.45) is 1.39. The average molecular weight is 329 g/mol. The van der Waals surface area contributed by atoms with Crippen LogP contribution in [0.15, 0.2) is 24.3 Å². The molecular weight excluding hydrogens is 298 g/mol. The quantitative estimate of drug-likeness (QED) is 0.826. The maximum atomic E-state index is 5.24. The molecule has 1 atom stereocenters. The standard InChI is InChI=1S/C20H31N3O/c1-16(2)22-9-8-17(11-22)10-21-12-20(13-21)14-23(15-20)18-4-6-19(24-3)7-5-18/h4-7,16-17H,8-15H2,1-3H3. The number of rotatable bonds is 5. The minimum Gasteiger partial charge on any atom is -0.497 e. The zero-order valence-electron chi connectivity index (χ0n) is 15.4. The van der Waals surface area contributed by atoms with Crippen molar-refractivity contribution in [3.63, 3.8) is 0 Å². The lowest BCUT2D eigenvalue weighted by atomic mass is 9.72. The molecule has 1 spiro atoms. The SMILES string of the molecule is COc1ccc(N2CC3(CN(CC4CCN(C(C)C)C4)C3)C2)cc1. The third-order valence-corrected chi connectivity index (χ3v) is 6.17. The molecule has 3 heterocycles. The highest BCUT2D eigenvalue weighted by Gasteiger charge is 2.51. The lowest BCUT2D eigenvalue weighted by Crippen LogP contribution is -2.72. The Morgan fingerprint density at radius 1 is 1.12 bits per heavy atom. The molecule has 4 nitrogen and oxygen atoms in total. The Labute approximate surface area is 146 Å². The van der Waals surface area contributed by atoms with Gasteiger partial charge in [0.25, 0.3) is 0 Å². The van der Waals surface area contributed by atoms with Crippen molar-refractivity contribution in [2.45, 2.75) is 26.3 Å². The van der Waals surface area contributed by atoms with Crippen LogP contribution in [0.5, 0.6) is 5.75 Å². The predicted octanol–water partition coefficient (Wildman–Crippen LogP) is 2.55. The second kappa shape index (κ2) is 6.23. The van der Waals surface area contributed by atoms with Crippen LogP contribution in [-0.2, 0) is 0 Å². The summed E-state index contributed by atoms with van der Waals surface area (Å²) in [6, 6.07) is 9.20. The molecule has 3 aliphatic rings. The predicted molar refractivity (Wildman–Crippen MR) is 98.9 cm³/mol. The number of benzene rings is 1. The van der Waals surface area contributed by atoms with Crippen LogP contribution in [0, 0.1) is 11.3 Å². The van der Waals surface area contributed by atoms with E-state index in [1.807, 2.05) is 0 Å². The highest BCUT2D eigenvalue weighted by atomic mass is 16.5. The number of likely N-dealkylation sites (tertiary alicyclic amines) is 2. The molecule has 0 radical (unpaired) electrons. The summed E-state index contributed by atoms with van der Waals surface area (Å²) in [4.78, 5) is 7.84. The Morgan fingerprint density at radius 2 is 1.83 bits per heavy atom. The van der Waals surface area contributed by atoms with E-state index < -0.39 is 0 Å². The van der Waals surface area contributed by atoms with Crippen LogP contribution in [0.3, 0.4) is 0 Å². The number of anilines is 1. The van der Waals surface area contributed by atoms with Crippen LogP contribution in [0.2, 0.25) is 0 Å². The van der Waals surface area contributed by atoms with Gasteiger partial charge in [-0.3, -0.25) is 0 Å². The van der Waals surface area contributed by atoms with E-state index in [4.69, 9.17) is 4.74 Å². The summed E-state index contributed by atoms with van der Waals surface area (Å²) < 4.78 is 5.24. The van der Waals surface area contributed by atoms with Crippen molar-refractivity contribution in [3.8, 4) is 5.75 Å². The van der Waals surface area contributed by atoms with Gasteiger partial charge in [-0.05, 0) is 57.0 Å². The Kier molecular flexibility index (Phi) is 4.21. The lowest BCUT2D eigenvalue weighted by Gasteiger charge is -2.61. The third kappa shape index (κ3) is 3.02. The maximum Gasteiger partial charge on any atom is 0.119 e. The monoisotopic (exact) mass is 329 g/mol. The van der Waals surface area contributed by atoms with Crippen molar-refractivity contribution >= 4 is 5.69 Å². The van der Waals surface area contributed by atoms with Gasteiger partial charge in [-0.15, -0.1) is 0 Å². The molecule has 3 saturated heterocycles. The summed E-state index contributed by atoms with van der Waals surface area (Å²) in [7, 11) is 1.72. The van der Waals surface area contributed by atoms with E-state index in [1.165, 1.54) is 57.9 Å². The summed E-state index contributed by atoms with van der Waals surface area (Å²) in [6.45, 7) is 13.6. The van der Waals surface area contributed by atoms with Gasteiger partial charge in [-0.1, -0.05) is 0 Å². The Hall–Kier alpha value is -1.26. The largest absolute Gasteiger partial charge is 0.497 e. The van der Waals surface area contributed by atoms with Crippen molar-refractivity contribution in [3.05, 3.63) is 24.3 Å². The molecule has 0 bridgehead atoms. The maximum absolute atomic E-state index is 5.24. The molecule has 4 rings (SSSR count). The molecule has 0 amide bonds. The fraction of sp³-hybridized carbons (Fsp3) is 0.700. The summed E-state index contributed by atoms with van der Waals surface area (Å²) in [5, 5.41) is 0. The molecule has 0 aliphatic carbocycles. The lowest BCUT2D eigenvalue weighted by molar-refractivity contribution is -0.0299. The molecule has 24 heavy (non-hydrogen) atoms. The molecular formula is C20H31N3O. The van der Waals surface area contributed by atoms with E-state index in [9.17, 15) is 0 Å². The first-order valence-corrected chi connectivity index (χ1v) is 9.42. The summed E-state index contributed by atoms with van der Waals surface area (Å²) >= 11 is 0. The number of methoxy groups -OCH3 is 1. The van der Waals surface area contributed by atoms with Crippen molar-refractivity contribution in [2.75, 3.05) is 57.8 Å². The first kappa shape index (κ1) is 16.2. The average Bonchev–Trinajstić information content (AvgIpc) is 2.97. The van der Waals surface area contributed by atoms with E-state index in [-0.39, 0.29) is 0 Å². The van der Waals surface area contributed by atoms with E-state index in [0.717, 1.165) is 11.7 Å². The fourth-order valence-electron chi connectivity index (χ4n) is 4.82. The molecule has 1 unspecified atom stereocenters. The summed E-state index contributed by atoms with van der Waals surface area (Å²) in [5.74, 6) is 1.83. The van der Waals surface area contributed by atoms with E-state index in [1.54, 1.807) is 7.11 Å². The highest BCUT2D eigenvalue weighted by Crippen LogP contribution is 2.42. The van der Waals surface area contributed by atoms with Crippen molar-refractivity contribution in [1.29, 1.82) is 0 Å². The molecule has 1 aromatic carbocycles. The van der Waals surface area contributed by atoms with Crippen molar-refractivity contribution < 1.29 is 4.74 Å². The molecule has 4 heteroatoms. The molecule has 132 valence electrons.